The number of rotatable bonds is 8. The van der Waals surface area contributed by atoms with Gasteiger partial charge in [-0.05, 0) is 37.4 Å². The summed E-state index contributed by atoms with van der Waals surface area (Å²) in [5.74, 6) is -7.84. The van der Waals surface area contributed by atoms with E-state index in [2.05, 4.69) is 5.32 Å². The largest absolute Gasteiger partial charge is 0.449 e. The van der Waals surface area contributed by atoms with Gasteiger partial charge >= 0.3 is 5.97 Å². The average Bonchev–Trinajstić information content (AvgIpc) is 2.77. The van der Waals surface area contributed by atoms with Crippen LogP contribution in [-0.4, -0.2) is 41.6 Å². The SMILES string of the molecule is CSc1ccc([N+](=O)[O-])c(C(=O)OC(C)C(=O)NCC(=O)Nc2ccc(F)c(F)c2F)c1. The number of halogens is 3. The molecule has 2 N–H and O–H groups in total. The van der Waals surface area contributed by atoms with Crippen molar-refractivity contribution in [3.8, 4) is 0 Å². The summed E-state index contributed by atoms with van der Waals surface area (Å²) in [7, 11) is 0. The fraction of sp³-hybridized carbons (Fsp3) is 0.211. The number of nitro benzene ring substituents is 1. The van der Waals surface area contributed by atoms with Crippen LogP contribution in [0.4, 0.5) is 24.5 Å². The molecule has 0 aromatic heterocycles. The summed E-state index contributed by atoms with van der Waals surface area (Å²) in [5, 5.41) is 15.2. The van der Waals surface area contributed by atoms with Crippen molar-refractivity contribution < 1.29 is 37.2 Å². The van der Waals surface area contributed by atoms with Crippen LogP contribution in [-0.2, 0) is 14.3 Å². The van der Waals surface area contributed by atoms with E-state index in [1.54, 1.807) is 6.26 Å². The molecule has 1 unspecified atom stereocenters. The van der Waals surface area contributed by atoms with Crippen molar-refractivity contribution in [2.75, 3.05) is 18.1 Å². The van der Waals surface area contributed by atoms with Crippen molar-refractivity contribution in [2.45, 2.75) is 17.9 Å². The van der Waals surface area contributed by atoms with Crippen molar-refractivity contribution in [2.24, 2.45) is 0 Å². The Morgan fingerprint density at radius 3 is 2.47 bits per heavy atom. The molecule has 0 bridgehead atoms. The molecule has 9 nitrogen and oxygen atoms in total. The van der Waals surface area contributed by atoms with E-state index in [1.807, 2.05) is 5.32 Å². The van der Waals surface area contributed by atoms with Crippen LogP contribution in [0, 0.1) is 27.6 Å². The first kappa shape index (κ1) is 24.7. The molecular weight excluding hydrogens is 455 g/mol. The number of nitrogens with zero attached hydrogens (tertiary/aromatic N) is 1. The summed E-state index contributed by atoms with van der Waals surface area (Å²) < 4.78 is 44.6. The number of hydrogen-bond donors (Lipinski definition) is 2. The zero-order valence-corrected chi connectivity index (χ0v) is 17.4. The predicted octanol–water partition coefficient (Wildman–Crippen LogP) is 3.03. The molecule has 0 fully saturated rings. The number of carbonyl (C=O) groups is 3. The minimum atomic E-state index is -1.77. The third-order valence-electron chi connectivity index (χ3n) is 4.01. The van der Waals surface area contributed by atoms with Crippen LogP contribution >= 0.6 is 11.8 Å². The molecule has 0 aliphatic heterocycles. The second-order valence-corrected chi connectivity index (χ2v) is 7.06. The van der Waals surface area contributed by atoms with Crippen LogP contribution in [0.15, 0.2) is 35.2 Å². The lowest BCUT2D eigenvalue weighted by Gasteiger charge is -2.14. The van der Waals surface area contributed by atoms with Gasteiger partial charge in [0, 0.05) is 11.0 Å². The Labute approximate surface area is 183 Å². The molecule has 0 aliphatic carbocycles. The number of hydrogen-bond acceptors (Lipinski definition) is 7. The first-order valence-electron chi connectivity index (χ1n) is 8.79. The number of amides is 2. The number of esters is 1. The van der Waals surface area contributed by atoms with Gasteiger partial charge in [-0.3, -0.25) is 19.7 Å². The summed E-state index contributed by atoms with van der Waals surface area (Å²) >= 11 is 1.24. The molecule has 2 rings (SSSR count). The third kappa shape index (κ3) is 5.97. The Morgan fingerprint density at radius 2 is 1.84 bits per heavy atom. The second kappa shape index (κ2) is 10.6. The van der Waals surface area contributed by atoms with Crippen molar-refractivity contribution in [1.82, 2.24) is 5.32 Å². The molecule has 0 radical (unpaired) electrons. The average molecular weight is 471 g/mol. The fourth-order valence-corrected chi connectivity index (χ4v) is 2.81. The molecule has 2 aromatic rings. The number of nitro groups is 1. The van der Waals surface area contributed by atoms with E-state index in [9.17, 15) is 37.7 Å². The van der Waals surface area contributed by atoms with Gasteiger partial charge in [-0.2, -0.15) is 0 Å². The Hall–Kier alpha value is -3.61. The van der Waals surface area contributed by atoms with Gasteiger partial charge in [0.1, 0.15) is 5.56 Å². The molecule has 0 heterocycles. The predicted molar refractivity (Wildman–Crippen MR) is 108 cm³/mol. The van der Waals surface area contributed by atoms with E-state index >= 15 is 0 Å². The maximum absolute atomic E-state index is 13.6. The minimum Gasteiger partial charge on any atom is -0.449 e. The van der Waals surface area contributed by atoms with E-state index in [4.69, 9.17) is 4.74 Å². The maximum atomic E-state index is 13.6. The van der Waals surface area contributed by atoms with Gasteiger partial charge in [0.15, 0.2) is 23.6 Å². The number of carbonyl (C=O) groups excluding carboxylic acids is 3. The van der Waals surface area contributed by atoms with E-state index < -0.39 is 64.2 Å². The zero-order chi connectivity index (χ0) is 24.0. The minimum absolute atomic E-state index is 0.354. The summed E-state index contributed by atoms with van der Waals surface area (Å²) in [6, 6.07) is 5.24. The quantitative estimate of drug-likeness (QED) is 0.199. The Balaban J connectivity index is 1.97. The molecule has 0 aliphatic rings. The smallest absolute Gasteiger partial charge is 0.345 e. The first-order valence-corrected chi connectivity index (χ1v) is 10.0. The van der Waals surface area contributed by atoms with Crippen molar-refractivity contribution in [3.05, 3.63) is 63.5 Å². The molecule has 1 atom stereocenters. The van der Waals surface area contributed by atoms with E-state index in [0.29, 0.717) is 11.0 Å². The highest BCUT2D eigenvalue weighted by Gasteiger charge is 2.26. The normalized spacial score (nSPS) is 11.4. The van der Waals surface area contributed by atoms with E-state index in [-0.39, 0.29) is 5.56 Å². The summed E-state index contributed by atoms with van der Waals surface area (Å²) in [4.78, 5) is 47.2. The first-order chi connectivity index (χ1) is 15.0. The van der Waals surface area contributed by atoms with Gasteiger partial charge in [0.05, 0.1) is 17.2 Å². The Bertz CT molecular complexity index is 1080. The van der Waals surface area contributed by atoms with Crippen LogP contribution in [0.3, 0.4) is 0 Å². The Kier molecular flexibility index (Phi) is 8.18. The van der Waals surface area contributed by atoms with Crippen LogP contribution in [0.25, 0.3) is 0 Å². The van der Waals surface area contributed by atoms with Gasteiger partial charge in [-0.15, -0.1) is 11.8 Å². The third-order valence-corrected chi connectivity index (χ3v) is 4.73. The number of thioether (sulfide) groups is 1. The highest BCUT2D eigenvalue weighted by molar-refractivity contribution is 7.98. The number of nitrogens with one attached hydrogen (secondary N) is 2. The number of benzene rings is 2. The van der Waals surface area contributed by atoms with Crippen LogP contribution in [0.1, 0.15) is 17.3 Å². The van der Waals surface area contributed by atoms with E-state index in [1.165, 1.54) is 30.8 Å². The van der Waals surface area contributed by atoms with Crippen molar-refractivity contribution in [1.29, 1.82) is 0 Å². The van der Waals surface area contributed by atoms with Gasteiger partial charge in [-0.1, -0.05) is 0 Å². The zero-order valence-electron chi connectivity index (χ0n) is 16.6. The maximum Gasteiger partial charge on any atom is 0.345 e. The number of anilines is 1. The topological polar surface area (TPSA) is 128 Å². The van der Waals surface area contributed by atoms with Crippen LogP contribution < -0.4 is 10.6 Å². The highest BCUT2D eigenvalue weighted by Crippen LogP contribution is 2.26. The molecule has 170 valence electrons. The summed E-state index contributed by atoms with van der Waals surface area (Å²) in [6.07, 6.45) is 0.261. The molecule has 0 saturated carbocycles. The van der Waals surface area contributed by atoms with E-state index in [0.717, 1.165) is 12.1 Å². The molecule has 2 aromatic carbocycles. The molecule has 13 heteroatoms. The lowest BCUT2D eigenvalue weighted by Crippen LogP contribution is -2.40. The van der Waals surface area contributed by atoms with Crippen molar-refractivity contribution in [3.63, 3.8) is 0 Å². The Morgan fingerprint density at radius 1 is 1.16 bits per heavy atom. The lowest BCUT2D eigenvalue weighted by molar-refractivity contribution is -0.385. The lowest BCUT2D eigenvalue weighted by atomic mass is 10.2. The standard InChI is InChI=1S/C19H16F3N3O6S/c1-9(31-19(28)11-7-10(32-2)3-6-14(11)25(29)30)18(27)23-8-15(26)24-13-5-4-12(20)16(21)17(13)22/h3-7,9H,8H2,1-2H3,(H,23,27)(H,24,26). The molecular formula is C19H16F3N3O6S. The van der Waals surface area contributed by atoms with Gasteiger partial charge < -0.3 is 15.4 Å². The highest BCUT2D eigenvalue weighted by atomic mass is 32.2. The second-order valence-electron chi connectivity index (χ2n) is 6.18. The molecule has 0 spiro atoms. The number of ether oxygens (including phenoxy) is 1. The summed E-state index contributed by atoms with van der Waals surface area (Å²) in [6.45, 7) is 0.464. The summed E-state index contributed by atoms with van der Waals surface area (Å²) in [5.41, 5.74) is -1.50. The fourth-order valence-electron chi connectivity index (χ4n) is 2.37. The van der Waals surface area contributed by atoms with Crippen LogP contribution in [0.2, 0.25) is 0 Å². The van der Waals surface area contributed by atoms with Crippen molar-refractivity contribution >= 4 is 40.9 Å². The molecule has 32 heavy (non-hydrogen) atoms. The molecule has 2 amide bonds. The van der Waals surface area contributed by atoms with Crippen LogP contribution in [0.5, 0.6) is 0 Å². The molecule has 0 saturated heterocycles. The van der Waals surface area contributed by atoms with Gasteiger partial charge in [-0.25, -0.2) is 18.0 Å². The monoisotopic (exact) mass is 471 g/mol. The van der Waals surface area contributed by atoms with Gasteiger partial charge in [0.25, 0.3) is 11.6 Å². The van der Waals surface area contributed by atoms with Gasteiger partial charge in [0.2, 0.25) is 5.91 Å².